The normalized spacial score (nSPS) is 35.6. The monoisotopic (exact) mass is 213 g/mol. The molecule has 0 unspecified atom stereocenters. The van der Waals surface area contributed by atoms with Crippen LogP contribution in [-0.4, -0.2) is 31.6 Å². The third-order valence-electron chi connectivity index (χ3n) is 3.63. The summed E-state index contributed by atoms with van der Waals surface area (Å²) in [4.78, 5) is 0. The van der Waals surface area contributed by atoms with Crippen LogP contribution >= 0.6 is 0 Å². The van der Waals surface area contributed by atoms with Gasteiger partial charge < -0.3 is 14.8 Å². The molecule has 3 nitrogen and oxygen atoms in total. The Hall–Kier alpha value is -0.120. The molecule has 1 heterocycles. The quantitative estimate of drug-likeness (QED) is 0.777. The first-order valence-corrected chi connectivity index (χ1v) is 6.19. The lowest BCUT2D eigenvalue weighted by Gasteiger charge is -2.30. The van der Waals surface area contributed by atoms with E-state index < -0.39 is 0 Å². The molecular weight excluding hydrogens is 190 g/mol. The van der Waals surface area contributed by atoms with E-state index >= 15 is 0 Å². The van der Waals surface area contributed by atoms with Crippen LogP contribution in [0.15, 0.2) is 0 Å². The molecule has 0 aromatic heterocycles. The molecule has 2 rings (SSSR count). The van der Waals surface area contributed by atoms with Crippen LogP contribution in [0.5, 0.6) is 0 Å². The molecule has 88 valence electrons. The fourth-order valence-electron chi connectivity index (χ4n) is 2.45. The average molecular weight is 213 g/mol. The van der Waals surface area contributed by atoms with Gasteiger partial charge in [-0.3, -0.25) is 0 Å². The van der Waals surface area contributed by atoms with Gasteiger partial charge in [0.15, 0.2) is 5.79 Å². The average Bonchev–Trinajstić information content (AvgIpc) is 2.65. The highest BCUT2D eigenvalue weighted by atomic mass is 16.7. The molecule has 1 aliphatic carbocycles. The van der Waals surface area contributed by atoms with Crippen LogP contribution in [0.2, 0.25) is 0 Å². The minimum Gasteiger partial charge on any atom is -0.347 e. The molecule has 3 heteroatoms. The van der Waals surface area contributed by atoms with Crippen molar-refractivity contribution in [1.82, 2.24) is 5.32 Å². The predicted molar refractivity (Wildman–Crippen MR) is 59.7 cm³/mol. The molecule has 0 atom stereocenters. The largest absolute Gasteiger partial charge is 0.347 e. The minimum absolute atomic E-state index is 0.372. The summed E-state index contributed by atoms with van der Waals surface area (Å²) in [7, 11) is 0. The van der Waals surface area contributed by atoms with E-state index in [1.807, 2.05) is 6.92 Å². The van der Waals surface area contributed by atoms with Crippen LogP contribution in [0.4, 0.5) is 0 Å². The van der Waals surface area contributed by atoms with E-state index in [1.165, 1.54) is 25.7 Å². The molecule has 0 radical (unpaired) electrons. The van der Waals surface area contributed by atoms with Gasteiger partial charge in [-0.15, -0.1) is 0 Å². The van der Waals surface area contributed by atoms with Gasteiger partial charge in [-0.05, 0) is 38.5 Å². The molecule has 2 aliphatic rings. The van der Waals surface area contributed by atoms with Crippen LogP contribution in [0.1, 0.15) is 39.5 Å². The van der Waals surface area contributed by atoms with Crippen LogP contribution in [0.3, 0.4) is 0 Å². The highest BCUT2D eigenvalue weighted by Gasteiger charge is 2.31. The van der Waals surface area contributed by atoms with Crippen molar-refractivity contribution in [2.24, 2.45) is 5.92 Å². The summed E-state index contributed by atoms with van der Waals surface area (Å²) in [5.74, 6) is 0.542. The SMILES string of the molecule is CC1CCC(NCC2(C)OCCO2)CC1. The van der Waals surface area contributed by atoms with Gasteiger partial charge in [-0.25, -0.2) is 0 Å². The fourth-order valence-corrected chi connectivity index (χ4v) is 2.45. The Morgan fingerprint density at radius 3 is 2.33 bits per heavy atom. The second-order valence-corrected chi connectivity index (χ2v) is 5.17. The summed E-state index contributed by atoms with van der Waals surface area (Å²) in [5.41, 5.74) is 0. The van der Waals surface area contributed by atoms with Crippen molar-refractivity contribution in [3.05, 3.63) is 0 Å². The van der Waals surface area contributed by atoms with E-state index in [9.17, 15) is 0 Å². The Morgan fingerprint density at radius 2 is 1.73 bits per heavy atom. The number of hydrogen-bond acceptors (Lipinski definition) is 3. The molecule has 15 heavy (non-hydrogen) atoms. The first kappa shape index (κ1) is 11.4. The molecule has 1 aliphatic heterocycles. The van der Waals surface area contributed by atoms with E-state index in [2.05, 4.69) is 12.2 Å². The first-order chi connectivity index (χ1) is 7.18. The summed E-state index contributed by atoms with van der Waals surface area (Å²) in [5, 5.41) is 3.57. The van der Waals surface area contributed by atoms with Gasteiger partial charge in [0.1, 0.15) is 0 Å². The van der Waals surface area contributed by atoms with Crippen LogP contribution < -0.4 is 5.32 Å². The van der Waals surface area contributed by atoms with Crippen molar-refractivity contribution in [3.8, 4) is 0 Å². The molecule has 0 bridgehead atoms. The highest BCUT2D eigenvalue weighted by Crippen LogP contribution is 2.24. The third-order valence-corrected chi connectivity index (χ3v) is 3.63. The Balaban J connectivity index is 1.69. The number of hydrogen-bond donors (Lipinski definition) is 1. The molecule has 0 aromatic rings. The minimum atomic E-state index is -0.372. The first-order valence-electron chi connectivity index (χ1n) is 6.19. The zero-order chi connectivity index (χ0) is 10.7. The Morgan fingerprint density at radius 1 is 1.13 bits per heavy atom. The van der Waals surface area contributed by atoms with Gasteiger partial charge in [-0.2, -0.15) is 0 Å². The van der Waals surface area contributed by atoms with E-state index in [1.54, 1.807) is 0 Å². The number of ether oxygens (including phenoxy) is 2. The van der Waals surface area contributed by atoms with Gasteiger partial charge in [-0.1, -0.05) is 6.92 Å². The summed E-state index contributed by atoms with van der Waals surface area (Å²) >= 11 is 0. The van der Waals surface area contributed by atoms with Crippen LogP contribution in [0, 0.1) is 5.92 Å². The van der Waals surface area contributed by atoms with Crippen LogP contribution in [0.25, 0.3) is 0 Å². The predicted octanol–water partition coefficient (Wildman–Crippen LogP) is 1.92. The van der Waals surface area contributed by atoms with Gasteiger partial charge in [0.05, 0.1) is 13.2 Å². The standard InChI is InChI=1S/C12H23NO2/c1-10-3-5-11(6-4-10)13-9-12(2)14-7-8-15-12/h10-11,13H,3-9H2,1-2H3. The molecule has 0 aromatic carbocycles. The van der Waals surface area contributed by atoms with Gasteiger partial charge in [0.25, 0.3) is 0 Å². The van der Waals surface area contributed by atoms with Crippen molar-refractivity contribution in [2.75, 3.05) is 19.8 Å². The number of rotatable bonds is 3. The van der Waals surface area contributed by atoms with Gasteiger partial charge >= 0.3 is 0 Å². The van der Waals surface area contributed by atoms with E-state index in [-0.39, 0.29) is 5.79 Å². The zero-order valence-electron chi connectivity index (χ0n) is 9.92. The van der Waals surface area contributed by atoms with Crippen molar-refractivity contribution in [3.63, 3.8) is 0 Å². The summed E-state index contributed by atoms with van der Waals surface area (Å²) in [6, 6.07) is 0.672. The van der Waals surface area contributed by atoms with E-state index in [0.29, 0.717) is 6.04 Å². The second kappa shape index (κ2) is 4.81. The molecule has 0 amide bonds. The Labute approximate surface area is 92.5 Å². The lowest BCUT2D eigenvalue weighted by atomic mass is 9.87. The topological polar surface area (TPSA) is 30.5 Å². The number of nitrogens with one attached hydrogen (secondary N) is 1. The molecular formula is C12H23NO2. The third kappa shape index (κ3) is 3.16. The smallest absolute Gasteiger partial charge is 0.178 e. The van der Waals surface area contributed by atoms with E-state index in [4.69, 9.17) is 9.47 Å². The van der Waals surface area contributed by atoms with Crippen molar-refractivity contribution in [2.45, 2.75) is 51.4 Å². The summed E-state index contributed by atoms with van der Waals surface area (Å²) in [6.45, 7) is 6.67. The molecule has 0 spiro atoms. The molecule has 1 saturated carbocycles. The van der Waals surface area contributed by atoms with E-state index in [0.717, 1.165) is 25.7 Å². The van der Waals surface area contributed by atoms with Crippen molar-refractivity contribution < 1.29 is 9.47 Å². The van der Waals surface area contributed by atoms with Crippen molar-refractivity contribution in [1.29, 1.82) is 0 Å². The van der Waals surface area contributed by atoms with Crippen LogP contribution in [-0.2, 0) is 9.47 Å². The van der Waals surface area contributed by atoms with Gasteiger partial charge in [0.2, 0.25) is 0 Å². The maximum atomic E-state index is 5.57. The second-order valence-electron chi connectivity index (χ2n) is 5.17. The molecule has 1 saturated heterocycles. The maximum absolute atomic E-state index is 5.57. The lowest BCUT2D eigenvalue weighted by molar-refractivity contribution is -0.139. The Kier molecular flexibility index (Phi) is 3.65. The Bertz CT molecular complexity index is 194. The molecule has 1 N–H and O–H groups in total. The lowest BCUT2D eigenvalue weighted by Crippen LogP contribution is -2.44. The van der Waals surface area contributed by atoms with Crippen molar-refractivity contribution >= 4 is 0 Å². The fraction of sp³-hybridized carbons (Fsp3) is 1.00. The summed E-state index contributed by atoms with van der Waals surface area (Å²) in [6.07, 6.45) is 5.32. The molecule has 2 fully saturated rings. The summed E-state index contributed by atoms with van der Waals surface area (Å²) < 4.78 is 11.1. The zero-order valence-corrected chi connectivity index (χ0v) is 9.92. The van der Waals surface area contributed by atoms with Gasteiger partial charge in [0, 0.05) is 12.6 Å². The maximum Gasteiger partial charge on any atom is 0.178 e. The highest BCUT2D eigenvalue weighted by molar-refractivity contribution is 4.79.